The summed E-state index contributed by atoms with van der Waals surface area (Å²) in [6, 6.07) is 12.3. The third-order valence-corrected chi connectivity index (χ3v) is 8.60. The zero-order chi connectivity index (χ0) is 24.9. The van der Waals surface area contributed by atoms with Crippen molar-refractivity contribution in [3.8, 4) is 17.2 Å². The SMILES string of the molecule is N#C[C@H](Cc1ccc(-c2ccc3c(c2)C2(CCNCC2)C(=O)N3)cc1F)NC(=O)[C@H]1N[C@@H]2CC[C@H]1C2. The molecule has 0 radical (unpaired) electrons. The van der Waals surface area contributed by atoms with Gasteiger partial charge in [0.2, 0.25) is 11.8 Å². The predicted octanol–water partition coefficient (Wildman–Crippen LogP) is 2.76. The average Bonchev–Trinajstić information content (AvgIpc) is 3.60. The van der Waals surface area contributed by atoms with Crippen LogP contribution in [-0.2, 0) is 21.4 Å². The topological polar surface area (TPSA) is 106 Å². The summed E-state index contributed by atoms with van der Waals surface area (Å²) in [7, 11) is 0. The lowest BCUT2D eigenvalue weighted by atomic mass is 9.73. The molecule has 1 aliphatic carbocycles. The number of nitriles is 1. The van der Waals surface area contributed by atoms with Gasteiger partial charge in [-0.15, -0.1) is 0 Å². The molecule has 2 bridgehead atoms. The molecule has 2 aromatic carbocycles. The standard InChI is InChI=1S/C28H30FN5O2/c29-23-14-17(16-4-6-24-22(13-16)28(27(36)34-24)7-9-31-10-8-28)1-2-18(23)11-21(15-30)33-26(35)25-19-3-5-20(12-19)32-25/h1-2,4,6,13-14,19-21,25,31-32H,3,5,7-12H2,(H,33,35)(H,34,36)/t19-,20+,21-,25-/m0/s1. The van der Waals surface area contributed by atoms with Gasteiger partial charge in [0.25, 0.3) is 0 Å². The Labute approximate surface area is 209 Å². The summed E-state index contributed by atoms with van der Waals surface area (Å²) in [6.45, 7) is 1.57. The van der Waals surface area contributed by atoms with Crippen LogP contribution in [0.25, 0.3) is 11.1 Å². The highest BCUT2D eigenvalue weighted by Gasteiger charge is 2.47. The van der Waals surface area contributed by atoms with Crippen molar-refractivity contribution in [2.24, 2.45) is 5.92 Å². The van der Waals surface area contributed by atoms with Gasteiger partial charge in [-0.25, -0.2) is 4.39 Å². The molecule has 6 rings (SSSR count). The average molecular weight is 488 g/mol. The highest BCUT2D eigenvalue weighted by Crippen LogP contribution is 2.45. The Morgan fingerprint density at radius 1 is 1.17 bits per heavy atom. The summed E-state index contributed by atoms with van der Waals surface area (Å²) in [6.07, 6.45) is 4.73. The fourth-order valence-electron chi connectivity index (χ4n) is 6.60. The van der Waals surface area contributed by atoms with Crippen LogP contribution in [0, 0.1) is 23.1 Å². The molecule has 2 aromatic rings. The van der Waals surface area contributed by atoms with Crippen molar-refractivity contribution in [2.75, 3.05) is 18.4 Å². The smallest absolute Gasteiger partial charge is 0.238 e. The molecule has 3 heterocycles. The first kappa shape index (κ1) is 23.1. The molecule has 3 aliphatic heterocycles. The summed E-state index contributed by atoms with van der Waals surface area (Å²) in [5, 5.41) is 22.1. The number of carbonyl (C=O) groups is 2. The number of anilines is 1. The molecule has 2 saturated heterocycles. The molecule has 1 saturated carbocycles. The van der Waals surface area contributed by atoms with Crippen molar-refractivity contribution in [3.63, 3.8) is 0 Å². The summed E-state index contributed by atoms with van der Waals surface area (Å²) in [5.74, 6) is -0.208. The van der Waals surface area contributed by atoms with Gasteiger partial charge in [-0.3, -0.25) is 9.59 Å². The van der Waals surface area contributed by atoms with Crippen LogP contribution in [0.2, 0.25) is 0 Å². The molecule has 4 N–H and O–H groups in total. The number of piperidine rings is 2. The summed E-state index contributed by atoms with van der Waals surface area (Å²) >= 11 is 0. The van der Waals surface area contributed by atoms with Crippen LogP contribution < -0.4 is 21.3 Å². The Kier molecular flexibility index (Phi) is 5.78. The van der Waals surface area contributed by atoms with Crippen molar-refractivity contribution in [1.29, 1.82) is 5.26 Å². The highest BCUT2D eigenvalue weighted by atomic mass is 19.1. The van der Waals surface area contributed by atoms with E-state index in [0.29, 0.717) is 23.1 Å². The quantitative estimate of drug-likeness (QED) is 0.519. The molecule has 7 nitrogen and oxygen atoms in total. The van der Waals surface area contributed by atoms with E-state index in [1.165, 1.54) is 6.07 Å². The molecule has 36 heavy (non-hydrogen) atoms. The minimum atomic E-state index is -0.796. The first-order chi connectivity index (χ1) is 17.5. The van der Waals surface area contributed by atoms with E-state index < -0.39 is 17.3 Å². The van der Waals surface area contributed by atoms with Crippen molar-refractivity contribution in [1.82, 2.24) is 16.0 Å². The summed E-state index contributed by atoms with van der Waals surface area (Å²) in [5.41, 5.74) is 3.24. The Balaban J connectivity index is 1.18. The van der Waals surface area contributed by atoms with E-state index in [1.54, 1.807) is 6.07 Å². The maximum absolute atomic E-state index is 15.2. The zero-order valence-electron chi connectivity index (χ0n) is 20.1. The first-order valence-corrected chi connectivity index (χ1v) is 12.9. The Morgan fingerprint density at radius 2 is 1.94 bits per heavy atom. The molecule has 186 valence electrons. The van der Waals surface area contributed by atoms with Gasteiger partial charge in [0.15, 0.2) is 0 Å². The Morgan fingerprint density at radius 3 is 2.64 bits per heavy atom. The largest absolute Gasteiger partial charge is 0.339 e. The summed E-state index contributed by atoms with van der Waals surface area (Å²) in [4.78, 5) is 25.5. The first-order valence-electron chi connectivity index (χ1n) is 12.9. The number of benzene rings is 2. The minimum Gasteiger partial charge on any atom is -0.339 e. The number of fused-ring (bicyclic) bond motifs is 4. The predicted molar refractivity (Wildman–Crippen MR) is 134 cm³/mol. The molecule has 0 aromatic heterocycles. The van der Waals surface area contributed by atoms with Gasteiger partial charge in [0.1, 0.15) is 11.9 Å². The van der Waals surface area contributed by atoms with Crippen LogP contribution >= 0.6 is 0 Å². The lowest BCUT2D eigenvalue weighted by molar-refractivity contribution is -0.124. The fourth-order valence-corrected chi connectivity index (χ4v) is 6.60. The fraction of sp³-hybridized carbons (Fsp3) is 0.464. The van der Waals surface area contributed by atoms with E-state index in [4.69, 9.17) is 0 Å². The van der Waals surface area contributed by atoms with E-state index in [9.17, 15) is 14.9 Å². The summed E-state index contributed by atoms with van der Waals surface area (Å²) < 4.78 is 15.2. The van der Waals surface area contributed by atoms with Crippen molar-refractivity contribution < 1.29 is 14.0 Å². The maximum Gasteiger partial charge on any atom is 0.238 e. The van der Waals surface area contributed by atoms with Crippen LogP contribution in [0.4, 0.5) is 10.1 Å². The van der Waals surface area contributed by atoms with E-state index in [1.807, 2.05) is 24.3 Å². The molecule has 3 fully saturated rings. The van der Waals surface area contributed by atoms with E-state index in [0.717, 1.165) is 62.0 Å². The van der Waals surface area contributed by atoms with Gasteiger partial charge in [-0.2, -0.15) is 5.26 Å². The number of nitrogens with one attached hydrogen (secondary N) is 4. The minimum absolute atomic E-state index is 0.0444. The number of amides is 2. The van der Waals surface area contributed by atoms with Gasteiger partial charge in [-0.05, 0) is 91.6 Å². The monoisotopic (exact) mass is 487 g/mol. The van der Waals surface area contributed by atoms with E-state index in [-0.39, 0.29) is 24.3 Å². The molecule has 4 atom stereocenters. The second-order valence-electron chi connectivity index (χ2n) is 10.7. The Bertz CT molecular complexity index is 1270. The molecular weight excluding hydrogens is 457 g/mol. The Hall–Kier alpha value is -3.28. The van der Waals surface area contributed by atoms with Crippen LogP contribution in [0.1, 0.15) is 43.2 Å². The van der Waals surface area contributed by atoms with Crippen LogP contribution in [0.5, 0.6) is 0 Å². The number of carbonyl (C=O) groups excluding carboxylic acids is 2. The van der Waals surface area contributed by atoms with Gasteiger partial charge in [-0.1, -0.05) is 18.2 Å². The number of nitrogens with zero attached hydrogens (tertiary/aromatic N) is 1. The van der Waals surface area contributed by atoms with Gasteiger partial charge >= 0.3 is 0 Å². The van der Waals surface area contributed by atoms with E-state index >= 15 is 4.39 Å². The normalized spacial score (nSPS) is 26.3. The van der Waals surface area contributed by atoms with Gasteiger partial charge < -0.3 is 21.3 Å². The molecule has 0 unspecified atom stereocenters. The number of rotatable bonds is 5. The lowest BCUT2D eigenvalue weighted by Crippen LogP contribution is -2.50. The van der Waals surface area contributed by atoms with Gasteiger partial charge in [0.05, 0.1) is 17.5 Å². The van der Waals surface area contributed by atoms with Crippen LogP contribution in [0.3, 0.4) is 0 Å². The number of halogens is 1. The van der Waals surface area contributed by atoms with Crippen LogP contribution in [0.15, 0.2) is 36.4 Å². The second kappa shape index (κ2) is 8.99. The maximum atomic E-state index is 15.2. The van der Waals surface area contributed by atoms with E-state index in [2.05, 4.69) is 27.3 Å². The van der Waals surface area contributed by atoms with Crippen molar-refractivity contribution in [3.05, 3.63) is 53.3 Å². The third-order valence-electron chi connectivity index (χ3n) is 8.60. The van der Waals surface area contributed by atoms with Crippen molar-refractivity contribution in [2.45, 2.75) is 62.1 Å². The third kappa shape index (κ3) is 3.87. The second-order valence-corrected chi connectivity index (χ2v) is 10.7. The highest BCUT2D eigenvalue weighted by molar-refractivity contribution is 6.06. The number of hydrogen-bond donors (Lipinski definition) is 4. The number of hydrogen-bond acceptors (Lipinski definition) is 5. The zero-order valence-corrected chi connectivity index (χ0v) is 20.1. The van der Waals surface area contributed by atoms with Crippen LogP contribution in [-0.4, -0.2) is 43.0 Å². The molecule has 8 heteroatoms. The van der Waals surface area contributed by atoms with Crippen molar-refractivity contribution >= 4 is 17.5 Å². The molecule has 2 amide bonds. The molecular formula is C28H30FN5O2. The van der Waals surface area contributed by atoms with Gasteiger partial charge in [0, 0.05) is 18.2 Å². The molecule has 1 spiro atoms. The molecule has 4 aliphatic rings. The lowest BCUT2D eigenvalue weighted by Gasteiger charge is -2.32.